The fourth-order valence-corrected chi connectivity index (χ4v) is 3.59. The molecule has 0 spiro atoms. The van der Waals surface area contributed by atoms with Gasteiger partial charge in [0, 0.05) is 0 Å². The number of benzene rings is 2. The Bertz CT molecular complexity index is 595. The molecule has 0 amide bonds. The second kappa shape index (κ2) is 4.37. The average Bonchev–Trinajstić information content (AvgIpc) is 2.38. The minimum atomic E-state index is -7.16. The van der Waals surface area contributed by atoms with Crippen LogP contribution in [-0.2, 0) is 6.18 Å². The molecule has 0 aliphatic carbocycles. The minimum absolute atomic E-state index is 0.462. The Morgan fingerprint density at radius 2 is 1.10 bits per heavy atom. The predicted molar refractivity (Wildman–Crippen MR) is 66.2 cm³/mol. The summed E-state index contributed by atoms with van der Waals surface area (Å²) in [7, 11) is -7.16. The Kier molecular flexibility index (Phi) is 3.20. The maximum atomic E-state index is 14.2. The zero-order chi connectivity index (χ0) is 15.0. The zero-order valence-electron chi connectivity index (χ0n) is 9.96. The summed E-state index contributed by atoms with van der Waals surface area (Å²) in [5, 5.41) is -1.78. The van der Waals surface area contributed by atoms with E-state index in [2.05, 4.69) is 0 Å². The molecule has 0 radical (unpaired) electrons. The molecule has 20 heavy (non-hydrogen) atoms. The van der Waals surface area contributed by atoms with Gasteiger partial charge in [-0.05, 0) is 0 Å². The van der Waals surface area contributed by atoms with Crippen LogP contribution in [0.25, 0.3) is 0 Å². The summed E-state index contributed by atoms with van der Waals surface area (Å²) in [6.07, 6.45) is -4.65. The molecule has 0 bridgehead atoms. The Labute approximate surface area is 111 Å². The standard InChI is InChI=1S/C13H9F6Si/c14-13(15,16)10-6-8-12(9-7-10)20(17,18,19)11-4-2-1-3-5-11/h1-9H/q-1. The summed E-state index contributed by atoms with van der Waals surface area (Å²) in [4.78, 5) is 0. The van der Waals surface area contributed by atoms with E-state index in [-0.39, 0.29) is 0 Å². The van der Waals surface area contributed by atoms with Crippen LogP contribution in [0.15, 0.2) is 54.6 Å². The molecule has 0 N–H and O–H groups in total. The second-order valence-corrected chi connectivity index (χ2v) is 7.31. The first-order valence-electron chi connectivity index (χ1n) is 5.62. The van der Waals surface area contributed by atoms with Crippen LogP contribution in [0.5, 0.6) is 0 Å². The van der Waals surface area contributed by atoms with Crippen LogP contribution in [0.4, 0.5) is 25.5 Å². The van der Waals surface area contributed by atoms with Crippen molar-refractivity contribution in [2.45, 2.75) is 6.18 Å². The van der Waals surface area contributed by atoms with Gasteiger partial charge in [-0.3, -0.25) is 0 Å². The average molecular weight is 307 g/mol. The molecule has 0 fully saturated rings. The van der Waals surface area contributed by atoms with E-state index in [1.807, 2.05) is 0 Å². The van der Waals surface area contributed by atoms with Gasteiger partial charge in [0.1, 0.15) is 0 Å². The second-order valence-electron chi connectivity index (χ2n) is 4.35. The first-order valence-corrected chi connectivity index (χ1v) is 7.75. The van der Waals surface area contributed by atoms with Crippen molar-refractivity contribution in [2.24, 2.45) is 0 Å². The molecule has 2 rings (SSSR count). The molecule has 0 atom stereocenters. The summed E-state index contributed by atoms with van der Waals surface area (Å²) in [5.41, 5.74) is -1.09. The summed E-state index contributed by atoms with van der Waals surface area (Å²) in [6.45, 7) is 0. The first kappa shape index (κ1) is 14.6. The van der Waals surface area contributed by atoms with Crippen LogP contribution in [0.2, 0.25) is 0 Å². The van der Waals surface area contributed by atoms with Gasteiger partial charge >= 0.3 is 111 Å². The molecule has 0 aliphatic heterocycles. The van der Waals surface area contributed by atoms with Gasteiger partial charge < -0.3 is 0 Å². The van der Waals surface area contributed by atoms with Crippen LogP contribution in [0.1, 0.15) is 5.56 Å². The molecule has 2 aromatic carbocycles. The van der Waals surface area contributed by atoms with Crippen LogP contribution in [0.3, 0.4) is 0 Å². The van der Waals surface area contributed by atoms with Crippen molar-refractivity contribution < 1.29 is 25.5 Å². The normalized spacial score (nSPS) is 14.6. The number of halogens is 6. The molecule has 0 nitrogen and oxygen atoms in total. The Balaban J connectivity index is 2.50. The third kappa shape index (κ3) is 2.58. The van der Waals surface area contributed by atoms with Crippen molar-refractivity contribution in [2.75, 3.05) is 0 Å². The van der Waals surface area contributed by atoms with Crippen LogP contribution < -0.4 is 10.4 Å². The predicted octanol–water partition coefficient (Wildman–Crippen LogP) is 3.62. The molecule has 0 unspecified atom stereocenters. The number of alkyl halides is 3. The zero-order valence-corrected chi connectivity index (χ0v) is 11.0. The summed E-state index contributed by atoms with van der Waals surface area (Å²) in [5.74, 6) is 0. The fraction of sp³-hybridized carbons (Fsp3) is 0.0769. The third-order valence-electron chi connectivity index (χ3n) is 2.93. The molecule has 0 saturated heterocycles. The molecular weight excluding hydrogens is 298 g/mol. The van der Waals surface area contributed by atoms with Gasteiger partial charge in [0.05, 0.1) is 0 Å². The molecule has 2 aromatic rings. The number of hydrogen-bond donors (Lipinski definition) is 0. The van der Waals surface area contributed by atoms with E-state index < -0.39 is 30.5 Å². The summed E-state index contributed by atoms with van der Waals surface area (Å²) < 4.78 is 79.7. The SMILES string of the molecule is FC(F)(F)c1ccc([Si-](F)(F)(F)c2ccccc2)cc1. The van der Waals surface area contributed by atoms with Gasteiger partial charge in [0.25, 0.3) is 0 Å². The van der Waals surface area contributed by atoms with E-state index in [4.69, 9.17) is 0 Å². The molecule has 0 aliphatic rings. The van der Waals surface area contributed by atoms with Gasteiger partial charge in [-0.2, -0.15) is 0 Å². The Morgan fingerprint density at radius 3 is 1.55 bits per heavy atom. The number of hydrogen-bond acceptors (Lipinski definition) is 0. The van der Waals surface area contributed by atoms with Crippen molar-refractivity contribution in [3.8, 4) is 0 Å². The maximum absolute atomic E-state index is 14.2. The Hall–Kier alpha value is -1.76. The van der Waals surface area contributed by atoms with Gasteiger partial charge in [-0.1, -0.05) is 0 Å². The summed E-state index contributed by atoms with van der Waals surface area (Å²) in [6, 6.07) is 7.76. The molecule has 0 aromatic heterocycles. The molecule has 108 valence electrons. The van der Waals surface area contributed by atoms with E-state index in [9.17, 15) is 25.5 Å². The number of rotatable bonds is 2. The van der Waals surface area contributed by atoms with E-state index in [1.54, 1.807) is 0 Å². The van der Waals surface area contributed by atoms with Crippen molar-refractivity contribution in [1.82, 2.24) is 0 Å². The molecular formula is C13H9F6Si-. The van der Waals surface area contributed by atoms with E-state index in [1.165, 1.54) is 18.2 Å². The Morgan fingerprint density at radius 1 is 0.650 bits per heavy atom. The van der Waals surface area contributed by atoms with E-state index in [0.29, 0.717) is 24.3 Å². The molecule has 7 heteroatoms. The third-order valence-corrected chi connectivity index (χ3v) is 5.48. The van der Waals surface area contributed by atoms with Gasteiger partial charge in [0.2, 0.25) is 0 Å². The van der Waals surface area contributed by atoms with Crippen molar-refractivity contribution in [3.63, 3.8) is 0 Å². The van der Waals surface area contributed by atoms with Gasteiger partial charge in [-0.25, -0.2) is 0 Å². The van der Waals surface area contributed by atoms with E-state index in [0.717, 1.165) is 12.1 Å². The van der Waals surface area contributed by atoms with Crippen LogP contribution in [-0.4, -0.2) is 8.35 Å². The van der Waals surface area contributed by atoms with Gasteiger partial charge in [-0.15, -0.1) is 0 Å². The van der Waals surface area contributed by atoms with Gasteiger partial charge in [0.15, 0.2) is 0 Å². The van der Waals surface area contributed by atoms with Crippen LogP contribution >= 0.6 is 0 Å². The summed E-state index contributed by atoms with van der Waals surface area (Å²) >= 11 is 0. The van der Waals surface area contributed by atoms with Crippen molar-refractivity contribution in [1.29, 1.82) is 0 Å². The fourth-order valence-electron chi connectivity index (χ4n) is 1.81. The molecule has 0 saturated carbocycles. The van der Waals surface area contributed by atoms with E-state index >= 15 is 0 Å². The van der Waals surface area contributed by atoms with Crippen molar-refractivity contribution in [3.05, 3.63) is 60.2 Å². The van der Waals surface area contributed by atoms with Crippen LogP contribution in [0, 0.1) is 0 Å². The quantitative estimate of drug-likeness (QED) is 0.452. The molecule has 0 heterocycles. The first-order chi connectivity index (χ1) is 9.10. The monoisotopic (exact) mass is 307 g/mol. The van der Waals surface area contributed by atoms with Crippen molar-refractivity contribution >= 4 is 18.7 Å². The topological polar surface area (TPSA) is 0 Å².